The van der Waals surface area contributed by atoms with Crippen molar-refractivity contribution in [3.8, 4) is 16.8 Å². The van der Waals surface area contributed by atoms with Crippen molar-refractivity contribution >= 4 is 49.6 Å². The van der Waals surface area contributed by atoms with E-state index < -0.39 is 0 Å². The predicted octanol–water partition coefficient (Wildman–Crippen LogP) is 8.75. The summed E-state index contributed by atoms with van der Waals surface area (Å²) in [5, 5.41) is 15.4. The van der Waals surface area contributed by atoms with E-state index in [9.17, 15) is 0 Å². The SMILES string of the molecule is N=Cc1cc2ccccc2cc1-c1ccc(-n2c3ccccc3c3c4ccccc4ccc32)cc1. The van der Waals surface area contributed by atoms with Crippen LogP contribution < -0.4 is 0 Å². The van der Waals surface area contributed by atoms with Crippen LogP contribution in [0.15, 0.2) is 121 Å². The van der Waals surface area contributed by atoms with E-state index in [-0.39, 0.29) is 0 Å². The van der Waals surface area contributed by atoms with Crippen molar-refractivity contribution in [2.75, 3.05) is 0 Å². The fourth-order valence-electron chi connectivity index (χ4n) is 5.43. The number of para-hydroxylation sites is 1. The summed E-state index contributed by atoms with van der Waals surface area (Å²) in [5.74, 6) is 0. The van der Waals surface area contributed by atoms with E-state index in [0.29, 0.717) is 0 Å². The molecule has 35 heavy (non-hydrogen) atoms. The number of hydrogen-bond donors (Lipinski definition) is 1. The standard InChI is InChI=1S/C33H22N2/c34-21-26-19-24-8-1-2-9-25(24)20-30(26)23-13-16-27(17-14-23)35-31-12-6-5-11-29(31)33-28-10-4-3-7-22(28)15-18-32(33)35/h1-21,34H. The van der Waals surface area contributed by atoms with Gasteiger partial charge in [0.05, 0.1) is 11.0 Å². The molecule has 0 aliphatic rings. The number of rotatable bonds is 3. The Kier molecular flexibility index (Phi) is 4.33. The molecule has 6 aromatic carbocycles. The third kappa shape index (κ3) is 3.00. The Morgan fingerprint density at radius 1 is 0.543 bits per heavy atom. The molecule has 1 N–H and O–H groups in total. The third-order valence-electron chi connectivity index (χ3n) is 7.07. The zero-order valence-corrected chi connectivity index (χ0v) is 19.1. The van der Waals surface area contributed by atoms with Gasteiger partial charge in [-0.2, -0.15) is 0 Å². The Hall–Kier alpha value is -4.69. The number of hydrogen-bond acceptors (Lipinski definition) is 1. The van der Waals surface area contributed by atoms with Crippen LogP contribution in [0.25, 0.3) is 60.2 Å². The highest BCUT2D eigenvalue weighted by molar-refractivity contribution is 6.21. The van der Waals surface area contributed by atoms with Gasteiger partial charge in [0, 0.05) is 28.2 Å². The Labute approximate surface area is 203 Å². The molecule has 2 heteroatoms. The van der Waals surface area contributed by atoms with E-state index in [0.717, 1.165) is 27.8 Å². The van der Waals surface area contributed by atoms with Crippen LogP contribution in [0.3, 0.4) is 0 Å². The molecule has 2 nitrogen and oxygen atoms in total. The zero-order valence-electron chi connectivity index (χ0n) is 19.1. The van der Waals surface area contributed by atoms with Crippen molar-refractivity contribution in [2.45, 2.75) is 0 Å². The van der Waals surface area contributed by atoms with Gasteiger partial charge in [0.1, 0.15) is 0 Å². The summed E-state index contributed by atoms with van der Waals surface area (Å²) in [5.41, 5.74) is 6.68. The monoisotopic (exact) mass is 446 g/mol. The lowest BCUT2D eigenvalue weighted by Crippen LogP contribution is -1.94. The van der Waals surface area contributed by atoms with Crippen molar-refractivity contribution in [1.29, 1.82) is 5.41 Å². The molecule has 7 rings (SSSR count). The predicted molar refractivity (Wildman–Crippen MR) is 149 cm³/mol. The van der Waals surface area contributed by atoms with Gasteiger partial charge in [-0.3, -0.25) is 0 Å². The second-order valence-electron chi connectivity index (χ2n) is 9.01. The summed E-state index contributed by atoms with van der Waals surface area (Å²) in [6.07, 6.45) is 1.45. The fraction of sp³-hybridized carbons (Fsp3) is 0. The van der Waals surface area contributed by atoms with E-state index >= 15 is 0 Å². The number of aromatic nitrogens is 1. The quantitative estimate of drug-likeness (QED) is 0.263. The van der Waals surface area contributed by atoms with Crippen LogP contribution in [-0.2, 0) is 0 Å². The van der Waals surface area contributed by atoms with Crippen LogP contribution in [0.2, 0.25) is 0 Å². The average Bonchev–Trinajstić information content (AvgIpc) is 3.27. The van der Waals surface area contributed by atoms with Gasteiger partial charge in [-0.25, -0.2) is 0 Å². The Morgan fingerprint density at radius 2 is 1.20 bits per heavy atom. The second-order valence-corrected chi connectivity index (χ2v) is 9.01. The van der Waals surface area contributed by atoms with Gasteiger partial charge < -0.3 is 9.98 Å². The molecule has 0 radical (unpaired) electrons. The van der Waals surface area contributed by atoms with Crippen molar-refractivity contribution in [2.24, 2.45) is 0 Å². The smallest absolute Gasteiger partial charge is 0.0547 e. The van der Waals surface area contributed by atoms with E-state index in [1.807, 2.05) is 6.07 Å². The molecule has 0 saturated heterocycles. The lowest BCUT2D eigenvalue weighted by atomic mass is 9.96. The van der Waals surface area contributed by atoms with Gasteiger partial charge in [0.25, 0.3) is 0 Å². The molecule has 0 amide bonds. The van der Waals surface area contributed by atoms with E-state index in [4.69, 9.17) is 5.41 Å². The average molecular weight is 447 g/mol. The number of nitrogens with one attached hydrogen (secondary N) is 1. The Balaban J connectivity index is 1.44. The first-order valence-electron chi connectivity index (χ1n) is 11.9. The minimum atomic E-state index is 0.930. The van der Waals surface area contributed by atoms with Crippen molar-refractivity contribution in [3.63, 3.8) is 0 Å². The molecular formula is C33H22N2. The molecular weight excluding hydrogens is 424 g/mol. The number of benzene rings is 6. The van der Waals surface area contributed by atoms with Crippen molar-refractivity contribution in [1.82, 2.24) is 4.57 Å². The molecule has 0 atom stereocenters. The fourth-order valence-corrected chi connectivity index (χ4v) is 5.43. The maximum absolute atomic E-state index is 7.98. The topological polar surface area (TPSA) is 28.8 Å². The van der Waals surface area contributed by atoms with Crippen LogP contribution >= 0.6 is 0 Å². The number of nitrogens with zero attached hydrogens (tertiary/aromatic N) is 1. The summed E-state index contributed by atoms with van der Waals surface area (Å²) in [4.78, 5) is 0. The summed E-state index contributed by atoms with van der Waals surface area (Å²) in [6.45, 7) is 0. The largest absolute Gasteiger partial charge is 0.309 e. The summed E-state index contributed by atoms with van der Waals surface area (Å²) >= 11 is 0. The molecule has 0 unspecified atom stereocenters. The lowest BCUT2D eigenvalue weighted by molar-refractivity contribution is 1.18. The molecule has 0 fully saturated rings. The van der Waals surface area contributed by atoms with Gasteiger partial charge in [0.2, 0.25) is 0 Å². The summed E-state index contributed by atoms with van der Waals surface area (Å²) in [6, 6.07) is 43.1. The minimum absolute atomic E-state index is 0.930. The van der Waals surface area contributed by atoms with Crippen LogP contribution in [0, 0.1) is 5.41 Å². The van der Waals surface area contributed by atoms with Crippen molar-refractivity contribution < 1.29 is 0 Å². The Morgan fingerprint density at radius 3 is 1.97 bits per heavy atom. The van der Waals surface area contributed by atoms with Gasteiger partial charge in [-0.1, -0.05) is 84.9 Å². The maximum atomic E-state index is 7.98. The van der Waals surface area contributed by atoms with E-state index in [2.05, 4.69) is 120 Å². The molecule has 164 valence electrons. The van der Waals surface area contributed by atoms with E-state index in [1.54, 1.807) is 0 Å². The highest BCUT2D eigenvalue weighted by Crippen LogP contribution is 2.37. The molecule has 0 spiro atoms. The van der Waals surface area contributed by atoms with Gasteiger partial charge in [0.15, 0.2) is 0 Å². The first kappa shape index (κ1) is 19.7. The van der Waals surface area contributed by atoms with Gasteiger partial charge >= 0.3 is 0 Å². The van der Waals surface area contributed by atoms with Crippen LogP contribution in [0.1, 0.15) is 5.56 Å². The third-order valence-corrected chi connectivity index (χ3v) is 7.07. The normalized spacial score (nSPS) is 11.5. The highest BCUT2D eigenvalue weighted by Gasteiger charge is 2.14. The summed E-state index contributed by atoms with van der Waals surface area (Å²) in [7, 11) is 0. The molecule has 0 bridgehead atoms. The van der Waals surface area contributed by atoms with Gasteiger partial charge in [-0.15, -0.1) is 0 Å². The van der Waals surface area contributed by atoms with Crippen molar-refractivity contribution in [3.05, 3.63) is 127 Å². The lowest BCUT2D eigenvalue weighted by Gasteiger charge is -2.12. The molecule has 0 aliphatic heterocycles. The Bertz CT molecular complexity index is 1910. The molecule has 1 aromatic heterocycles. The zero-order chi connectivity index (χ0) is 23.4. The first-order chi connectivity index (χ1) is 17.3. The molecule has 7 aromatic rings. The van der Waals surface area contributed by atoms with E-state index in [1.165, 1.54) is 44.2 Å². The molecule has 0 saturated carbocycles. The maximum Gasteiger partial charge on any atom is 0.0547 e. The number of fused-ring (bicyclic) bond motifs is 6. The van der Waals surface area contributed by atoms with Crippen LogP contribution in [-0.4, -0.2) is 10.8 Å². The van der Waals surface area contributed by atoms with Crippen LogP contribution in [0.5, 0.6) is 0 Å². The highest BCUT2D eigenvalue weighted by atomic mass is 15.0. The van der Waals surface area contributed by atoms with Crippen LogP contribution in [0.4, 0.5) is 0 Å². The van der Waals surface area contributed by atoms with Gasteiger partial charge in [-0.05, 0) is 69.1 Å². The second kappa shape index (κ2) is 7.68. The summed E-state index contributed by atoms with van der Waals surface area (Å²) < 4.78 is 2.36. The molecule has 1 heterocycles. The minimum Gasteiger partial charge on any atom is -0.309 e. The first-order valence-corrected chi connectivity index (χ1v) is 11.9. The molecule has 0 aliphatic carbocycles.